The van der Waals surface area contributed by atoms with Gasteiger partial charge >= 0.3 is 0 Å². The molecule has 4 aliphatic carbocycles. The van der Waals surface area contributed by atoms with Crippen molar-refractivity contribution in [1.82, 2.24) is 0 Å². The molecule has 1 heteroatoms. The third-order valence-corrected chi connectivity index (χ3v) is 10.8. The van der Waals surface area contributed by atoms with E-state index in [1.54, 1.807) is 0 Å². The summed E-state index contributed by atoms with van der Waals surface area (Å²) in [7, 11) is 0. The molecule has 0 aromatic heterocycles. The summed E-state index contributed by atoms with van der Waals surface area (Å²) in [5.74, 6) is 5.47. The second-order valence-electron chi connectivity index (χ2n) is 12.7. The summed E-state index contributed by atoms with van der Waals surface area (Å²) < 4.78 is 0. The first-order valence-electron chi connectivity index (χ1n) is 13.1. The highest BCUT2D eigenvalue weighted by Crippen LogP contribution is 2.67. The van der Waals surface area contributed by atoms with Gasteiger partial charge in [-0.2, -0.15) is 0 Å². The molecule has 5 unspecified atom stereocenters. The predicted molar refractivity (Wildman–Crippen MR) is 124 cm³/mol. The van der Waals surface area contributed by atoms with Crippen molar-refractivity contribution in [3.05, 3.63) is 11.6 Å². The summed E-state index contributed by atoms with van der Waals surface area (Å²) in [4.78, 5) is 0. The molecular formula is C28H48O. The van der Waals surface area contributed by atoms with Crippen LogP contribution in [0.2, 0.25) is 0 Å². The van der Waals surface area contributed by atoms with Gasteiger partial charge in [-0.05, 0) is 97.2 Å². The Balaban J connectivity index is 1.52. The summed E-state index contributed by atoms with van der Waals surface area (Å²) in [5, 5.41) is 10.5. The Labute approximate surface area is 181 Å². The van der Waals surface area contributed by atoms with Gasteiger partial charge in [0.15, 0.2) is 0 Å². The maximum absolute atomic E-state index is 10.5. The van der Waals surface area contributed by atoms with Crippen LogP contribution in [0.15, 0.2) is 11.6 Å². The van der Waals surface area contributed by atoms with Gasteiger partial charge in [0, 0.05) is 0 Å². The fourth-order valence-corrected chi connectivity index (χ4v) is 8.97. The smallest absolute Gasteiger partial charge is 0.0568 e. The van der Waals surface area contributed by atoms with E-state index in [0.717, 1.165) is 36.0 Å². The third kappa shape index (κ3) is 3.56. The average Bonchev–Trinajstić information content (AvgIpc) is 3.02. The van der Waals surface area contributed by atoms with Crippen LogP contribution in [0.1, 0.15) is 106 Å². The molecule has 0 saturated heterocycles. The quantitative estimate of drug-likeness (QED) is 0.470. The second kappa shape index (κ2) is 7.99. The van der Waals surface area contributed by atoms with Crippen molar-refractivity contribution < 1.29 is 5.11 Å². The number of allylic oxidation sites excluding steroid dienone is 2. The minimum Gasteiger partial charge on any atom is -0.393 e. The highest BCUT2D eigenvalue weighted by atomic mass is 16.3. The van der Waals surface area contributed by atoms with E-state index in [1.807, 2.05) is 5.57 Å². The van der Waals surface area contributed by atoms with E-state index >= 15 is 0 Å². The Kier molecular flexibility index (Phi) is 6.04. The lowest BCUT2D eigenvalue weighted by Crippen LogP contribution is -2.52. The van der Waals surface area contributed by atoms with E-state index in [4.69, 9.17) is 0 Å². The molecule has 0 spiro atoms. The Morgan fingerprint density at radius 1 is 0.966 bits per heavy atom. The van der Waals surface area contributed by atoms with E-state index < -0.39 is 0 Å². The molecular weight excluding hydrogens is 352 g/mol. The molecule has 9 atom stereocenters. The molecule has 3 saturated carbocycles. The van der Waals surface area contributed by atoms with Gasteiger partial charge in [0.05, 0.1) is 6.10 Å². The summed E-state index contributed by atoms with van der Waals surface area (Å²) in [6.07, 6.45) is 16.1. The van der Waals surface area contributed by atoms with Crippen LogP contribution in [-0.4, -0.2) is 11.2 Å². The molecule has 0 aromatic rings. The predicted octanol–water partition coefficient (Wildman–Crippen LogP) is 7.63. The van der Waals surface area contributed by atoms with E-state index in [1.165, 1.54) is 57.8 Å². The second-order valence-corrected chi connectivity index (χ2v) is 12.7. The number of hydrogen-bond acceptors (Lipinski definition) is 1. The zero-order chi connectivity index (χ0) is 21.0. The highest BCUT2D eigenvalue weighted by molar-refractivity contribution is 5.28. The van der Waals surface area contributed by atoms with Crippen molar-refractivity contribution in [1.29, 1.82) is 0 Å². The van der Waals surface area contributed by atoms with Crippen molar-refractivity contribution in [3.8, 4) is 0 Å². The van der Waals surface area contributed by atoms with Crippen molar-refractivity contribution >= 4 is 0 Å². The molecule has 29 heavy (non-hydrogen) atoms. The van der Waals surface area contributed by atoms with Gasteiger partial charge in [0.2, 0.25) is 0 Å². The first kappa shape index (κ1) is 21.9. The van der Waals surface area contributed by atoms with Gasteiger partial charge in [0.25, 0.3) is 0 Å². The largest absolute Gasteiger partial charge is 0.393 e. The molecule has 3 fully saturated rings. The maximum Gasteiger partial charge on any atom is 0.0568 e. The molecule has 0 radical (unpaired) electrons. The molecule has 1 N–H and O–H groups in total. The lowest BCUT2D eigenvalue weighted by atomic mass is 9.46. The van der Waals surface area contributed by atoms with Gasteiger partial charge in [0.1, 0.15) is 0 Å². The first-order valence-corrected chi connectivity index (χ1v) is 13.1. The van der Waals surface area contributed by atoms with E-state index in [-0.39, 0.29) is 6.10 Å². The standard InChI is InChI=1S/C28H48O/c1-18(2)8-7-9-19(3)22-12-13-24-21-10-11-23-20(4)26(29)15-17-28(23,6)25(21)14-16-27(22,24)5/h10,18-20,22-26,29H,7-9,11-17H2,1-6H3/t19?,20-,22?,23?,24?,25?,26-,27+,28-/m0/s1. The van der Waals surface area contributed by atoms with Gasteiger partial charge < -0.3 is 5.11 Å². The minimum absolute atomic E-state index is 0.0700. The lowest BCUT2D eigenvalue weighted by Gasteiger charge is -2.59. The van der Waals surface area contributed by atoms with Crippen LogP contribution in [0, 0.1) is 52.3 Å². The SMILES string of the molecule is CC(C)CCCC(C)C1CCC2C3=CCC4[C@H](C)[C@@H](O)CC[C@]4(C)C3CC[C@@]21C. The van der Waals surface area contributed by atoms with Crippen molar-refractivity contribution in [2.24, 2.45) is 52.3 Å². The fourth-order valence-electron chi connectivity index (χ4n) is 8.97. The molecule has 0 aliphatic heterocycles. The van der Waals surface area contributed by atoms with Crippen LogP contribution in [0.25, 0.3) is 0 Å². The van der Waals surface area contributed by atoms with Crippen molar-refractivity contribution in [3.63, 3.8) is 0 Å². The Bertz CT molecular complexity index is 620. The Morgan fingerprint density at radius 2 is 1.66 bits per heavy atom. The number of fused-ring (bicyclic) bond motifs is 5. The van der Waals surface area contributed by atoms with E-state index in [9.17, 15) is 5.11 Å². The van der Waals surface area contributed by atoms with Crippen LogP contribution in [0.4, 0.5) is 0 Å². The van der Waals surface area contributed by atoms with Crippen LogP contribution in [-0.2, 0) is 0 Å². The highest BCUT2D eigenvalue weighted by Gasteiger charge is 2.59. The number of hydrogen-bond donors (Lipinski definition) is 1. The molecule has 4 rings (SSSR count). The molecule has 0 amide bonds. The zero-order valence-electron chi connectivity index (χ0n) is 20.2. The summed E-state index contributed by atoms with van der Waals surface area (Å²) >= 11 is 0. The summed E-state index contributed by atoms with van der Waals surface area (Å²) in [6, 6.07) is 0. The molecule has 0 aromatic carbocycles. The van der Waals surface area contributed by atoms with Crippen LogP contribution in [0.3, 0.4) is 0 Å². The zero-order valence-corrected chi connectivity index (χ0v) is 20.2. The van der Waals surface area contributed by atoms with Crippen molar-refractivity contribution in [2.45, 2.75) is 112 Å². The molecule has 0 bridgehead atoms. The molecule has 166 valence electrons. The van der Waals surface area contributed by atoms with Gasteiger partial charge in [-0.1, -0.05) is 72.5 Å². The fraction of sp³-hybridized carbons (Fsp3) is 0.929. The van der Waals surface area contributed by atoms with Crippen LogP contribution < -0.4 is 0 Å². The maximum atomic E-state index is 10.5. The summed E-state index contributed by atoms with van der Waals surface area (Å²) in [6.45, 7) is 14.9. The molecule has 4 aliphatic rings. The van der Waals surface area contributed by atoms with E-state index in [2.05, 4.69) is 47.6 Å². The number of aliphatic hydroxyl groups excluding tert-OH is 1. The monoisotopic (exact) mass is 400 g/mol. The van der Waals surface area contributed by atoms with Crippen LogP contribution in [0.5, 0.6) is 0 Å². The first-order chi connectivity index (χ1) is 13.7. The van der Waals surface area contributed by atoms with Gasteiger partial charge in [-0.25, -0.2) is 0 Å². The topological polar surface area (TPSA) is 20.2 Å². The minimum atomic E-state index is -0.0700. The van der Waals surface area contributed by atoms with E-state index in [0.29, 0.717) is 22.7 Å². The molecule has 0 heterocycles. The summed E-state index contributed by atoms with van der Waals surface area (Å²) in [5.41, 5.74) is 2.85. The average molecular weight is 401 g/mol. The Hall–Kier alpha value is -0.300. The number of aliphatic hydroxyl groups is 1. The third-order valence-electron chi connectivity index (χ3n) is 10.8. The van der Waals surface area contributed by atoms with Gasteiger partial charge in [-0.15, -0.1) is 0 Å². The number of rotatable bonds is 5. The van der Waals surface area contributed by atoms with Crippen LogP contribution >= 0.6 is 0 Å². The Morgan fingerprint density at radius 3 is 2.38 bits per heavy atom. The normalized spacial score (nSPS) is 47.9. The lowest BCUT2D eigenvalue weighted by molar-refractivity contribution is -0.0773. The van der Waals surface area contributed by atoms with Crippen molar-refractivity contribution in [2.75, 3.05) is 0 Å². The van der Waals surface area contributed by atoms with Gasteiger partial charge in [-0.3, -0.25) is 0 Å². The molecule has 1 nitrogen and oxygen atoms in total.